The van der Waals surface area contributed by atoms with Crippen LogP contribution < -0.4 is 5.32 Å². The van der Waals surface area contributed by atoms with Crippen molar-refractivity contribution in [2.75, 3.05) is 6.54 Å². The van der Waals surface area contributed by atoms with Gasteiger partial charge < -0.3 is 5.32 Å². The largest absolute Gasteiger partial charge is 0.306 e. The van der Waals surface area contributed by atoms with Crippen LogP contribution in [-0.2, 0) is 0 Å². The molecule has 0 saturated heterocycles. The lowest BCUT2D eigenvalue weighted by atomic mass is 10.0. The Morgan fingerprint density at radius 2 is 2.28 bits per heavy atom. The third kappa shape index (κ3) is 2.94. The van der Waals surface area contributed by atoms with E-state index in [9.17, 15) is 4.39 Å². The van der Waals surface area contributed by atoms with Crippen LogP contribution >= 0.6 is 38.9 Å². The second-order valence-electron chi connectivity index (χ2n) is 3.79. The van der Waals surface area contributed by atoms with E-state index < -0.39 is 0 Å². The normalized spacial score (nSPS) is 12.7. The molecule has 0 spiro atoms. The minimum atomic E-state index is -0.259. The lowest BCUT2D eigenvalue weighted by Crippen LogP contribution is -2.22. The molecular formula is C13H12BrClFNS. The van der Waals surface area contributed by atoms with Gasteiger partial charge in [-0.05, 0) is 46.1 Å². The van der Waals surface area contributed by atoms with E-state index in [0.29, 0.717) is 15.1 Å². The van der Waals surface area contributed by atoms with Crippen molar-refractivity contribution >= 4 is 38.9 Å². The van der Waals surface area contributed by atoms with Crippen molar-refractivity contribution in [3.05, 3.63) is 55.4 Å². The number of nitrogens with one attached hydrogen (secondary N) is 1. The zero-order valence-electron chi connectivity index (χ0n) is 9.71. The van der Waals surface area contributed by atoms with Crippen molar-refractivity contribution in [3.8, 4) is 0 Å². The van der Waals surface area contributed by atoms with Gasteiger partial charge in [0.15, 0.2) is 0 Å². The summed E-state index contributed by atoms with van der Waals surface area (Å²) < 4.78 is 14.6. The number of halogens is 3. The predicted octanol–water partition coefficient (Wildman–Crippen LogP) is 5.00. The van der Waals surface area contributed by atoms with Crippen LogP contribution in [-0.4, -0.2) is 6.54 Å². The van der Waals surface area contributed by atoms with Gasteiger partial charge in [0, 0.05) is 14.9 Å². The third-order valence-corrected chi connectivity index (χ3v) is 4.72. The molecule has 0 amide bonds. The molecule has 2 rings (SSSR count). The van der Waals surface area contributed by atoms with E-state index in [0.717, 1.165) is 11.4 Å². The van der Waals surface area contributed by atoms with Crippen LogP contribution in [0.1, 0.15) is 23.4 Å². The summed E-state index contributed by atoms with van der Waals surface area (Å²) in [6, 6.07) is 6.89. The predicted molar refractivity (Wildman–Crippen MR) is 78.9 cm³/mol. The molecule has 1 aromatic heterocycles. The summed E-state index contributed by atoms with van der Waals surface area (Å²) in [7, 11) is 0. The van der Waals surface area contributed by atoms with Crippen LogP contribution in [0.15, 0.2) is 34.1 Å². The van der Waals surface area contributed by atoms with Gasteiger partial charge in [-0.1, -0.05) is 24.6 Å². The molecule has 1 nitrogen and oxygen atoms in total. The van der Waals surface area contributed by atoms with E-state index in [2.05, 4.69) is 21.2 Å². The van der Waals surface area contributed by atoms with Crippen LogP contribution in [0.5, 0.6) is 0 Å². The molecule has 0 aliphatic heterocycles. The molecule has 1 atom stereocenters. The van der Waals surface area contributed by atoms with Crippen molar-refractivity contribution in [2.24, 2.45) is 0 Å². The van der Waals surface area contributed by atoms with Crippen LogP contribution in [0.25, 0.3) is 0 Å². The molecule has 1 N–H and O–H groups in total. The zero-order valence-corrected chi connectivity index (χ0v) is 12.9. The Morgan fingerprint density at radius 1 is 1.50 bits per heavy atom. The van der Waals surface area contributed by atoms with Gasteiger partial charge in [-0.15, -0.1) is 11.3 Å². The molecule has 0 bridgehead atoms. The van der Waals surface area contributed by atoms with Gasteiger partial charge in [-0.25, -0.2) is 4.39 Å². The minimum Gasteiger partial charge on any atom is -0.306 e. The number of thiophene rings is 1. The van der Waals surface area contributed by atoms with Crippen LogP contribution in [0, 0.1) is 5.82 Å². The SMILES string of the molecule is CCNC(c1cccs1)c1cc(Cl)c(Br)cc1F. The Hall–Kier alpha value is -0.420. The topological polar surface area (TPSA) is 12.0 Å². The van der Waals surface area contributed by atoms with Crippen molar-refractivity contribution in [2.45, 2.75) is 13.0 Å². The fourth-order valence-electron chi connectivity index (χ4n) is 1.78. The number of benzene rings is 1. The number of hydrogen-bond donors (Lipinski definition) is 1. The van der Waals surface area contributed by atoms with Crippen LogP contribution in [0.3, 0.4) is 0 Å². The summed E-state index contributed by atoms with van der Waals surface area (Å²) >= 11 is 10.9. The number of hydrogen-bond acceptors (Lipinski definition) is 2. The highest BCUT2D eigenvalue weighted by Crippen LogP contribution is 2.33. The van der Waals surface area contributed by atoms with E-state index in [1.165, 1.54) is 6.07 Å². The summed E-state index contributed by atoms with van der Waals surface area (Å²) in [6.07, 6.45) is 0. The van der Waals surface area contributed by atoms with Crippen molar-refractivity contribution in [1.82, 2.24) is 5.32 Å². The van der Waals surface area contributed by atoms with E-state index in [-0.39, 0.29) is 11.9 Å². The molecule has 1 heterocycles. The fraction of sp³-hybridized carbons (Fsp3) is 0.231. The standard InChI is InChI=1S/C13H12BrClFNS/c1-2-17-13(12-4-3-5-18-12)8-6-10(15)9(14)7-11(8)16/h3-7,13,17H,2H2,1H3. The van der Waals surface area contributed by atoms with Crippen molar-refractivity contribution in [3.63, 3.8) is 0 Å². The highest BCUT2D eigenvalue weighted by molar-refractivity contribution is 9.10. The Kier molecular flexibility index (Phi) is 4.78. The molecule has 1 unspecified atom stereocenters. The minimum absolute atomic E-state index is 0.152. The van der Waals surface area contributed by atoms with Gasteiger partial charge in [-0.2, -0.15) is 0 Å². The quantitative estimate of drug-likeness (QED) is 0.767. The van der Waals surface area contributed by atoms with Crippen LogP contribution in [0.2, 0.25) is 5.02 Å². The summed E-state index contributed by atoms with van der Waals surface area (Å²) in [5, 5.41) is 5.79. The molecular weight excluding hydrogens is 337 g/mol. The summed E-state index contributed by atoms with van der Waals surface area (Å²) in [5.74, 6) is -0.259. The average Bonchev–Trinajstić information content (AvgIpc) is 2.85. The zero-order chi connectivity index (χ0) is 13.1. The maximum absolute atomic E-state index is 14.1. The monoisotopic (exact) mass is 347 g/mol. The maximum Gasteiger partial charge on any atom is 0.129 e. The first-order valence-corrected chi connectivity index (χ1v) is 7.59. The lowest BCUT2D eigenvalue weighted by molar-refractivity contribution is 0.562. The molecule has 0 fully saturated rings. The maximum atomic E-state index is 14.1. The highest BCUT2D eigenvalue weighted by Gasteiger charge is 2.19. The van der Waals surface area contributed by atoms with Crippen molar-refractivity contribution in [1.29, 1.82) is 0 Å². The first kappa shape index (κ1) is 14.0. The molecule has 2 aromatic rings. The number of rotatable bonds is 4. The first-order valence-electron chi connectivity index (χ1n) is 5.54. The van der Waals surface area contributed by atoms with Gasteiger partial charge >= 0.3 is 0 Å². The highest BCUT2D eigenvalue weighted by atomic mass is 79.9. The van der Waals surface area contributed by atoms with E-state index >= 15 is 0 Å². The van der Waals surface area contributed by atoms with Gasteiger partial charge in [-0.3, -0.25) is 0 Å². The second kappa shape index (κ2) is 6.15. The van der Waals surface area contributed by atoms with Gasteiger partial charge in [0.25, 0.3) is 0 Å². The first-order chi connectivity index (χ1) is 8.63. The fourth-order valence-corrected chi connectivity index (χ4v) is 3.09. The molecule has 0 radical (unpaired) electrons. The molecule has 96 valence electrons. The summed E-state index contributed by atoms with van der Waals surface area (Å²) in [6.45, 7) is 2.76. The summed E-state index contributed by atoms with van der Waals surface area (Å²) in [5.41, 5.74) is 0.576. The Balaban J connectivity index is 2.46. The Morgan fingerprint density at radius 3 is 2.89 bits per heavy atom. The summed E-state index contributed by atoms with van der Waals surface area (Å²) in [4.78, 5) is 1.08. The average molecular weight is 349 g/mol. The van der Waals surface area contributed by atoms with E-state index in [1.54, 1.807) is 17.4 Å². The molecule has 0 saturated carbocycles. The Bertz CT molecular complexity index is 530. The van der Waals surface area contributed by atoms with E-state index in [1.807, 2.05) is 24.4 Å². The van der Waals surface area contributed by atoms with Gasteiger partial charge in [0.2, 0.25) is 0 Å². The molecule has 18 heavy (non-hydrogen) atoms. The Labute approximate surface area is 123 Å². The molecule has 5 heteroatoms. The van der Waals surface area contributed by atoms with E-state index in [4.69, 9.17) is 11.6 Å². The third-order valence-electron chi connectivity index (χ3n) is 2.59. The molecule has 1 aromatic carbocycles. The smallest absolute Gasteiger partial charge is 0.129 e. The lowest BCUT2D eigenvalue weighted by Gasteiger charge is -2.18. The van der Waals surface area contributed by atoms with Gasteiger partial charge in [0.05, 0.1) is 11.1 Å². The van der Waals surface area contributed by atoms with Crippen LogP contribution in [0.4, 0.5) is 4.39 Å². The molecule has 0 aliphatic carbocycles. The molecule has 0 aliphatic rings. The van der Waals surface area contributed by atoms with Gasteiger partial charge in [0.1, 0.15) is 5.82 Å². The van der Waals surface area contributed by atoms with Crippen molar-refractivity contribution < 1.29 is 4.39 Å². The second-order valence-corrected chi connectivity index (χ2v) is 6.03.